The number of nitrogens with zero attached hydrogens (tertiary/aromatic N) is 2. The molecule has 3 aliphatic heterocycles. The Labute approximate surface area is 179 Å². The summed E-state index contributed by atoms with van der Waals surface area (Å²) in [5.74, 6) is -2.43. The fraction of sp³-hybridized carbons (Fsp3) is 0.706. The quantitative estimate of drug-likeness (QED) is 0.171. The summed E-state index contributed by atoms with van der Waals surface area (Å²) in [6.45, 7) is 4.34. The van der Waals surface area contributed by atoms with Crippen molar-refractivity contribution in [3.05, 3.63) is 10.6 Å². The number of carboxylic acid groups (broad SMARTS) is 1. The molecule has 13 heteroatoms. The average Bonchev–Trinajstić information content (AvgIpc) is 3.14. The van der Waals surface area contributed by atoms with Gasteiger partial charge in [-0.15, -0.1) is 11.8 Å². The SMILES string of the molecule is C[C@@H](O)[C@H]1C(=O)N2C(C(=O)O)=C(S[C@@H]3CN[C@H](CN=C(N)NS(C)(=O)=O)C3)[C@H](C)[C@H]12. The number of β-lactam (4-membered cyclic amide) rings is 1. The van der Waals surface area contributed by atoms with Crippen LogP contribution in [0.2, 0.25) is 0 Å². The van der Waals surface area contributed by atoms with Crippen LogP contribution in [0.15, 0.2) is 15.6 Å². The minimum absolute atomic E-state index is 0.0162. The highest BCUT2D eigenvalue weighted by molar-refractivity contribution is 8.03. The summed E-state index contributed by atoms with van der Waals surface area (Å²) < 4.78 is 24.4. The number of rotatable bonds is 7. The number of hydrogen-bond donors (Lipinski definition) is 5. The van der Waals surface area contributed by atoms with E-state index in [1.165, 1.54) is 16.7 Å². The second-order valence-electron chi connectivity index (χ2n) is 7.95. The summed E-state index contributed by atoms with van der Waals surface area (Å²) in [4.78, 5) is 30.3. The van der Waals surface area contributed by atoms with E-state index in [2.05, 4.69) is 15.0 Å². The molecule has 0 aromatic heterocycles. The highest BCUT2D eigenvalue weighted by atomic mass is 32.2. The lowest BCUT2D eigenvalue weighted by molar-refractivity contribution is -0.163. The molecule has 0 bridgehead atoms. The number of aliphatic carboxylic acids is 1. The lowest BCUT2D eigenvalue weighted by Crippen LogP contribution is -2.63. The summed E-state index contributed by atoms with van der Waals surface area (Å²) in [6.07, 6.45) is 0.839. The number of thioether (sulfide) groups is 1. The number of amides is 1. The van der Waals surface area contributed by atoms with E-state index in [4.69, 9.17) is 5.73 Å². The fourth-order valence-electron chi connectivity index (χ4n) is 4.30. The highest BCUT2D eigenvalue weighted by Gasteiger charge is 2.60. The molecule has 2 fully saturated rings. The number of carbonyl (C=O) groups is 2. The van der Waals surface area contributed by atoms with Gasteiger partial charge in [0.05, 0.1) is 30.9 Å². The molecular formula is C17H27N5O6S2. The molecule has 0 spiro atoms. The van der Waals surface area contributed by atoms with Crippen LogP contribution in [0.3, 0.4) is 0 Å². The number of aliphatic hydroxyl groups excluding tert-OH is 1. The largest absolute Gasteiger partial charge is 0.477 e. The predicted octanol–water partition coefficient (Wildman–Crippen LogP) is -1.53. The van der Waals surface area contributed by atoms with Crippen molar-refractivity contribution in [2.24, 2.45) is 22.6 Å². The van der Waals surface area contributed by atoms with Crippen LogP contribution < -0.4 is 15.8 Å². The van der Waals surface area contributed by atoms with Crippen molar-refractivity contribution in [3.63, 3.8) is 0 Å². The van der Waals surface area contributed by atoms with Gasteiger partial charge in [0.15, 0.2) is 0 Å². The smallest absolute Gasteiger partial charge is 0.353 e. The van der Waals surface area contributed by atoms with Crippen LogP contribution in [-0.2, 0) is 19.6 Å². The molecule has 6 atom stereocenters. The van der Waals surface area contributed by atoms with E-state index < -0.39 is 28.0 Å². The monoisotopic (exact) mass is 461 g/mol. The molecule has 0 aromatic carbocycles. The van der Waals surface area contributed by atoms with E-state index >= 15 is 0 Å². The van der Waals surface area contributed by atoms with Crippen molar-refractivity contribution in [2.75, 3.05) is 19.3 Å². The maximum Gasteiger partial charge on any atom is 0.353 e. The molecule has 0 radical (unpaired) electrons. The van der Waals surface area contributed by atoms with Gasteiger partial charge in [-0.25, -0.2) is 13.2 Å². The average molecular weight is 462 g/mol. The number of hydrogen-bond acceptors (Lipinski definition) is 8. The number of nitrogens with two attached hydrogens (primary N) is 1. The highest BCUT2D eigenvalue weighted by Crippen LogP contribution is 2.51. The van der Waals surface area contributed by atoms with Gasteiger partial charge in [-0.05, 0) is 13.3 Å². The second kappa shape index (κ2) is 8.36. The number of carboxylic acids is 1. The molecule has 1 amide bonds. The third kappa shape index (κ3) is 4.43. The van der Waals surface area contributed by atoms with E-state index in [0.717, 1.165) is 6.26 Å². The molecule has 0 unspecified atom stereocenters. The molecule has 30 heavy (non-hydrogen) atoms. The summed E-state index contributed by atoms with van der Waals surface area (Å²) >= 11 is 1.44. The first kappa shape index (κ1) is 22.8. The van der Waals surface area contributed by atoms with Gasteiger partial charge < -0.3 is 26.2 Å². The predicted molar refractivity (Wildman–Crippen MR) is 112 cm³/mol. The molecule has 2 saturated heterocycles. The van der Waals surface area contributed by atoms with Gasteiger partial charge >= 0.3 is 5.97 Å². The van der Waals surface area contributed by atoms with E-state index in [0.29, 0.717) is 17.9 Å². The topological polar surface area (TPSA) is 174 Å². The number of carbonyl (C=O) groups excluding carboxylic acids is 1. The third-order valence-electron chi connectivity index (χ3n) is 5.56. The molecule has 0 aromatic rings. The molecule has 11 nitrogen and oxygen atoms in total. The van der Waals surface area contributed by atoms with Crippen molar-refractivity contribution in [3.8, 4) is 0 Å². The molecule has 3 heterocycles. The second-order valence-corrected chi connectivity index (χ2v) is 11.0. The minimum Gasteiger partial charge on any atom is -0.477 e. The van der Waals surface area contributed by atoms with Crippen LogP contribution in [0.5, 0.6) is 0 Å². The number of aliphatic imine (C=N–C) groups is 1. The van der Waals surface area contributed by atoms with Crippen LogP contribution in [0.4, 0.5) is 0 Å². The first-order valence-corrected chi connectivity index (χ1v) is 12.3. The van der Waals surface area contributed by atoms with E-state index in [1.54, 1.807) is 6.92 Å². The van der Waals surface area contributed by atoms with Gasteiger partial charge in [0.25, 0.3) is 0 Å². The third-order valence-corrected chi connectivity index (χ3v) is 7.65. The standard InChI is InChI=1S/C17H27N5O6S2/c1-7-12-11(8(2)23)15(24)22(12)13(16(25)26)14(7)29-10-4-9(19-6-10)5-20-17(18)21-30(3,27)28/h7-12,19,23H,4-6H2,1-3H3,(H,25,26)(H3,18,20,21)/t7-,8-,9+,10+,11-,12-/m1/s1. The Balaban J connectivity index is 1.66. The summed E-state index contributed by atoms with van der Waals surface area (Å²) in [6, 6.07) is -0.361. The van der Waals surface area contributed by atoms with Gasteiger partial charge in [0, 0.05) is 28.7 Å². The van der Waals surface area contributed by atoms with Crippen molar-refractivity contribution in [1.29, 1.82) is 0 Å². The lowest BCUT2D eigenvalue weighted by Gasteiger charge is -2.46. The maximum atomic E-state index is 12.4. The molecule has 168 valence electrons. The van der Waals surface area contributed by atoms with Crippen molar-refractivity contribution < 1.29 is 28.2 Å². The van der Waals surface area contributed by atoms with Crippen LogP contribution in [0.25, 0.3) is 0 Å². The minimum atomic E-state index is -3.48. The molecular weight excluding hydrogens is 434 g/mol. The zero-order chi connectivity index (χ0) is 22.4. The van der Waals surface area contributed by atoms with Gasteiger partial charge in [-0.1, -0.05) is 6.92 Å². The van der Waals surface area contributed by atoms with E-state index in [-0.39, 0.29) is 47.4 Å². The number of nitrogens with one attached hydrogen (secondary N) is 2. The Morgan fingerprint density at radius 1 is 1.50 bits per heavy atom. The lowest BCUT2D eigenvalue weighted by atomic mass is 9.79. The first-order valence-electron chi connectivity index (χ1n) is 9.57. The Bertz CT molecular complexity index is 902. The fourth-order valence-corrected chi connectivity index (χ4v) is 6.26. The number of sulfonamides is 1. The molecule has 6 N–H and O–H groups in total. The van der Waals surface area contributed by atoms with E-state index in [1.807, 2.05) is 6.92 Å². The zero-order valence-corrected chi connectivity index (χ0v) is 18.5. The normalized spacial score (nSPS) is 32.8. The Hall–Kier alpha value is -1.83. The number of guanidine groups is 1. The van der Waals surface area contributed by atoms with E-state index in [9.17, 15) is 28.2 Å². The van der Waals surface area contributed by atoms with Gasteiger partial charge in [-0.3, -0.25) is 14.5 Å². The summed E-state index contributed by atoms with van der Waals surface area (Å²) in [5, 5.41) is 23.0. The molecule has 0 aliphatic carbocycles. The van der Waals surface area contributed by atoms with Gasteiger partial charge in [0.2, 0.25) is 21.9 Å². The van der Waals surface area contributed by atoms with Crippen molar-refractivity contribution >= 4 is 39.6 Å². The first-order chi connectivity index (χ1) is 13.9. The van der Waals surface area contributed by atoms with Crippen molar-refractivity contribution in [2.45, 2.75) is 43.7 Å². The van der Waals surface area contributed by atoms with Gasteiger partial charge in [0.1, 0.15) is 5.70 Å². The molecule has 3 aliphatic rings. The number of fused-ring (bicyclic) bond motifs is 1. The van der Waals surface area contributed by atoms with Gasteiger partial charge in [-0.2, -0.15) is 0 Å². The van der Waals surface area contributed by atoms with Crippen LogP contribution in [0.1, 0.15) is 20.3 Å². The Kier molecular flexibility index (Phi) is 6.37. The van der Waals surface area contributed by atoms with Crippen LogP contribution >= 0.6 is 11.8 Å². The zero-order valence-electron chi connectivity index (χ0n) is 16.9. The summed E-state index contributed by atoms with van der Waals surface area (Å²) in [5.41, 5.74) is 5.57. The maximum absolute atomic E-state index is 12.4. The molecule has 0 saturated carbocycles. The van der Waals surface area contributed by atoms with Crippen LogP contribution in [0, 0.1) is 11.8 Å². The summed E-state index contributed by atoms with van der Waals surface area (Å²) in [7, 11) is -3.48. The number of aliphatic hydroxyl groups is 1. The van der Waals surface area contributed by atoms with Crippen LogP contribution in [-0.4, -0.2) is 84.1 Å². The molecule has 3 rings (SSSR count). The Morgan fingerprint density at radius 2 is 2.17 bits per heavy atom. The Morgan fingerprint density at radius 3 is 2.73 bits per heavy atom. The van der Waals surface area contributed by atoms with Crippen molar-refractivity contribution in [1.82, 2.24) is 14.9 Å².